The van der Waals surface area contributed by atoms with E-state index >= 15 is 0 Å². The van der Waals surface area contributed by atoms with E-state index in [1.807, 2.05) is 30.1 Å². The van der Waals surface area contributed by atoms with Gasteiger partial charge in [0, 0.05) is 30.2 Å². The minimum absolute atomic E-state index is 0.0736. The van der Waals surface area contributed by atoms with E-state index in [1.54, 1.807) is 34.0 Å². The number of hydrogen-bond donors (Lipinski definition) is 2. The van der Waals surface area contributed by atoms with Crippen molar-refractivity contribution in [3.8, 4) is 17.4 Å². The number of hydrogen-bond acceptors (Lipinski definition) is 9. The van der Waals surface area contributed by atoms with Gasteiger partial charge in [-0.2, -0.15) is 4.98 Å². The molecule has 0 radical (unpaired) electrons. The molecule has 2 fully saturated rings. The second-order valence-electron chi connectivity index (χ2n) is 11.7. The SMILES string of the molecule is C=C[C@@H]1C[C@]1(NC(=O)[C@@H]1C[C@@H](Oc2nc3c(c4cc(OC)ccc24)OCCN3C)CN1C(=O)OC(C)(C)C)C(N)=O. The van der Waals surface area contributed by atoms with Crippen LogP contribution in [-0.4, -0.2) is 84.9 Å². The first-order valence-corrected chi connectivity index (χ1v) is 13.6. The van der Waals surface area contributed by atoms with Crippen molar-refractivity contribution in [1.82, 2.24) is 15.2 Å². The molecule has 5 rings (SSSR count). The summed E-state index contributed by atoms with van der Waals surface area (Å²) in [6.07, 6.45) is 0.860. The van der Waals surface area contributed by atoms with Gasteiger partial charge in [-0.05, 0) is 45.4 Å². The van der Waals surface area contributed by atoms with Gasteiger partial charge in [-0.15, -0.1) is 6.58 Å². The number of nitrogens with one attached hydrogen (secondary N) is 1. The molecule has 1 aromatic carbocycles. The Bertz CT molecular complexity index is 1410. The molecule has 3 N–H and O–H groups in total. The minimum atomic E-state index is -1.21. The molecule has 12 nitrogen and oxygen atoms in total. The lowest BCUT2D eigenvalue weighted by Gasteiger charge is -2.29. The molecule has 1 aliphatic carbocycles. The van der Waals surface area contributed by atoms with Gasteiger partial charge >= 0.3 is 6.09 Å². The summed E-state index contributed by atoms with van der Waals surface area (Å²) in [6, 6.07) is 4.57. The summed E-state index contributed by atoms with van der Waals surface area (Å²) in [4.78, 5) is 47.1. The number of ether oxygens (including phenoxy) is 4. The fourth-order valence-corrected chi connectivity index (χ4v) is 5.41. The lowest BCUT2D eigenvalue weighted by atomic mass is 10.1. The number of amides is 3. The van der Waals surface area contributed by atoms with Gasteiger partial charge in [0.05, 0.1) is 20.2 Å². The maximum atomic E-state index is 13.6. The van der Waals surface area contributed by atoms with Crippen molar-refractivity contribution >= 4 is 34.5 Å². The van der Waals surface area contributed by atoms with Crippen LogP contribution in [0, 0.1) is 5.92 Å². The largest absolute Gasteiger partial charge is 0.497 e. The molecule has 220 valence electrons. The normalized spacial score (nSPS) is 25.1. The predicted molar refractivity (Wildman–Crippen MR) is 151 cm³/mol. The van der Waals surface area contributed by atoms with Crippen LogP contribution in [0.3, 0.4) is 0 Å². The zero-order chi connectivity index (χ0) is 29.7. The van der Waals surface area contributed by atoms with Gasteiger partial charge in [0.15, 0.2) is 11.6 Å². The fraction of sp³-hybridized carbons (Fsp3) is 0.517. The topological polar surface area (TPSA) is 146 Å². The number of likely N-dealkylation sites (N-methyl/N-ethyl adjacent to an activating group) is 1. The molecule has 2 aromatic rings. The van der Waals surface area contributed by atoms with E-state index in [0.717, 1.165) is 5.39 Å². The van der Waals surface area contributed by atoms with Crippen molar-refractivity contribution in [3.63, 3.8) is 0 Å². The zero-order valence-electron chi connectivity index (χ0n) is 24.1. The van der Waals surface area contributed by atoms with Crippen LogP contribution in [0.4, 0.5) is 10.6 Å². The van der Waals surface area contributed by atoms with Crippen LogP contribution in [0.15, 0.2) is 30.9 Å². The highest BCUT2D eigenvalue weighted by Crippen LogP contribution is 2.45. The van der Waals surface area contributed by atoms with Crippen LogP contribution in [-0.2, 0) is 14.3 Å². The number of nitrogens with two attached hydrogens (primary N) is 1. The average Bonchev–Trinajstić information content (AvgIpc) is 3.47. The van der Waals surface area contributed by atoms with E-state index in [2.05, 4.69) is 11.9 Å². The van der Waals surface area contributed by atoms with E-state index in [-0.39, 0.29) is 18.9 Å². The molecule has 4 atom stereocenters. The number of pyridine rings is 1. The second-order valence-corrected chi connectivity index (χ2v) is 11.7. The van der Waals surface area contributed by atoms with Gasteiger partial charge in [0.1, 0.15) is 35.6 Å². The number of anilines is 1. The molecular formula is C29H37N5O7. The second kappa shape index (κ2) is 10.3. The molecule has 1 aromatic heterocycles. The summed E-state index contributed by atoms with van der Waals surface area (Å²) in [7, 11) is 3.52. The first-order valence-electron chi connectivity index (χ1n) is 13.6. The number of benzene rings is 1. The van der Waals surface area contributed by atoms with Gasteiger partial charge < -0.3 is 34.9 Å². The molecule has 3 amide bonds. The lowest BCUT2D eigenvalue weighted by molar-refractivity contribution is -0.131. The highest BCUT2D eigenvalue weighted by atomic mass is 16.6. The van der Waals surface area contributed by atoms with Crippen molar-refractivity contribution in [3.05, 3.63) is 30.9 Å². The molecule has 0 spiro atoms. The third-order valence-corrected chi connectivity index (χ3v) is 7.70. The lowest BCUT2D eigenvalue weighted by Crippen LogP contribution is -2.55. The number of carbonyl (C=O) groups is 3. The molecule has 1 saturated heterocycles. The average molecular weight is 568 g/mol. The van der Waals surface area contributed by atoms with E-state index in [9.17, 15) is 14.4 Å². The number of likely N-dealkylation sites (tertiary alicyclic amines) is 1. The molecule has 2 aliphatic heterocycles. The van der Waals surface area contributed by atoms with E-state index in [1.165, 1.54) is 4.90 Å². The number of fused-ring (bicyclic) bond motifs is 3. The number of methoxy groups -OCH3 is 1. The number of carbonyl (C=O) groups excluding carboxylic acids is 3. The van der Waals surface area contributed by atoms with Crippen molar-refractivity contribution in [1.29, 1.82) is 0 Å². The first-order chi connectivity index (χ1) is 19.4. The van der Waals surface area contributed by atoms with Crippen LogP contribution >= 0.6 is 0 Å². The maximum Gasteiger partial charge on any atom is 0.411 e. The Balaban J connectivity index is 1.46. The summed E-state index contributed by atoms with van der Waals surface area (Å²) in [5, 5.41) is 4.27. The van der Waals surface area contributed by atoms with Crippen LogP contribution < -0.4 is 30.2 Å². The smallest absolute Gasteiger partial charge is 0.411 e. The number of aromatic nitrogens is 1. The zero-order valence-corrected chi connectivity index (χ0v) is 24.1. The number of nitrogens with zero attached hydrogens (tertiary/aromatic N) is 3. The number of rotatable bonds is 7. The Kier molecular flexibility index (Phi) is 7.12. The molecule has 0 bridgehead atoms. The van der Waals surface area contributed by atoms with Gasteiger partial charge in [-0.25, -0.2) is 4.79 Å². The molecule has 1 saturated carbocycles. The molecule has 3 heterocycles. The third-order valence-electron chi connectivity index (χ3n) is 7.70. The molecule has 3 aliphatic rings. The summed E-state index contributed by atoms with van der Waals surface area (Å²) < 4.78 is 23.5. The monoisotopic (exact) mass is 567 g/mol. The fourth-order valence-electron chi connectivity index (χ4n) is 5.41. The van der Waals surface area contributed by atoms with Gasteiger partial charge in [0.2, 0.25) is 17.7 Å². The third kappa shape index (κ3) is 5.30. The molecule has 12 heteroatoms. The minimum Gasteiger partial charge on any atom is -0.497 e. The van der Waals surface area contributed by atoms with E-state index in [4.69, 9.17) is 29.7 Å². The van der Waals surface area contributed by atoms with Gasteiger partial charge in [-0.1, -0.05) is 6.08 Å². The Hall–Kier alpha value is -4.22. The predicted octanol–water partition coefficient (Wildman–Crippen LogP) is 2.38. The quantitative estimate of drug-likeness (QED) is 0.482. The van der Waals surface area contributed by atoms with Crippen LogP contribution in [0.25, 0.3) is 10.8 Å². The highest BCUT2D eigenvalue weighted by molar-refractivity contribution is 5.98. The van der Waals surface area contributed by atoms with Crippen LogP contribution in [0.2, 0.25) is 0 Å². The van der Waals surface area contributed by atoms with Crippen molar-refractivity contribution in [2.45, 2.75) is 56.9 Å². The standard InChI is InChI=1S/C29H37N5O7/c1-7-16-14-29(16,26(30)36)32-24(35)21-13-18(15-34(21)27(37)41-28(2,3)4)40-25-19-9-8-17(38-6)12-20(19)22-23(31-25)33(5)10-11-39-22/h7-9,12,16,18,21H,1,10-11,13-15H2,2-6H3,(H2,30,36)(H,32,35)/t16-,18-,21+,29-/m1/s1. The Morgan fingerprint density at radius 3 is 2.66 bits per heavy atom. The molecule has 0 unspecified atom stereocenters. The van der Waals surface area contributed by atoms with Gasteiger partial charge in [-0.3, -0.25) is 14.5 Å². The van der Waals surface area contributed by atoms with Crippen molar-refractivity contribution in [2.75, 3.05) is 38.8 Å². The molecular weight excluding hydrogens is 530 g/mol. The summed E-state index contributed by atoms with van der Waals surface area (Å²) >= 11 is 0. The van der Waals surface area contributed by atoms with Crippen molar-refractivity contribution in [2.24, 2.45) is 11.7 Å². The first kappa shape index (κ1) is 28.3. The van der Waals surface area contributed by atoms with Crippen LogP contribution in [0.5, 0.6) is 17.4 Å². The number of primary amides is 1. The van der Waals surface area contributed by atoms with Crippen molar-refractivity contribution < 1.29 is 33.3 Å². The Morgan fingerprint density at radius 2 is 2.02 bits per heavy atom. The van der Waals surface area contributed by atoms with E-state index in [0.29, 0.717) is 48.2 Å². The summed E-state index contributed by atoms with van der Waals surface area (Å²) in [5.74, 6) is 0.839. The van der Waals surface area contributed by atoms with E-state index < -0.39 is 41.2 Å². The maximum absolute atomic E-state index is 13.6. The molecule has 41 heavy (non-hydrogen) atoms. The van der Waals surface area contributed by atoms with Crippen LogP contribution in [0.1, 0.15) is 33.6 Å². The summed E-state index contributed by atoms with van der Waals surface area (Å²) in [6.45, 7) is 10.2. The summed E-state index contributed by atoms with van der Waals surface area (Å²) in [5.41, 5.74) is 3.64. The Morgan fingerprint density at radius 1 is 1.27 bits per heavy atom. The van der Waals surface area contributed by atoms with Gasteiger partial charge in [0.25, 0.3) is 0 Å². The Labute approximate surface area is 238 Å². The highest BCUT2D eigenvalue weighted by Gasteiger charge is 2.60.